The van der Waals surface area contributed by atoms with Crippen LogP contribution in [-0.4, -0.2) is 42.0 Å². The second-order valence-electron chi connectivity index (χ2n) is 5.27. The Morgan fingerprint density at radius 2 is 1.62 bits per heavy atom. The zero-order chi connectivity index (χ0) is 16.5. The lowest BCUT2D eigenvalue weighted by Gasteiger charge is -2.17. The lowest BCUT2D eigenvalue weighted by atomic mass is 9.89. The molecule has 0 aromatic carbocycles. The van der Waals surface area contributed by atoms with Gasteiger partial charge in [0.1, 0.15) is 0 Å². The van der Waals surface area contributed by atoms with Crippen LogP contribution in [0.4, 0.5) is 4.79 Å². The predicted octanol–water partition coefficient (Wildman–Crippen LogP) is 0.229. The fourth-order valence-corrected chi connectivity index (χ4v) is 1.33. The van der Waals surface area contributed by atoms with Crippen molar-refractivity contribution >= 4 is 23.8 Å². The molecule has 0 aromatic rings. The molecule has 0 aliphatic rings. The third kappa shape index (κ3) is 8.61. The minimum atomic E-state index is -1.25. The number of amides is 4. The van der Waals surface area contributed by atoms with Crippen LogP contribution < -0.4 is 16.0 Å². The molecule has 0 aliphatic carbocycles. The molecule has 4 amide bonds. The van der Waals surface area contributed by atoms with Crippen molar-refractivity contribution in [1.29, 1.82) is 0 Å². The zero-order valence-electron chi connectivity index (χ0n) is 12.6. The highest BCUT2D eigenvalue weighted by molar-refractivity contribution is 5.96. The van der Waals surface area contributed by atoms with Crippen LogP contribution in [0.1, 0.15) is 40.0 Å². The number of rotatable bonds is 8. The van der Waals surface area contributed by atoms with Gasteiger partial charge in [-0.05, 0) is 20.3 Å². The van der Waals surface area contributed by atoms with Gasteiger partial charge in [0, 0.05) is 25.9 Å². The van der Waals surface area contributed by atoms with E-state index in [9.17, 15) is 19.2 Å². The Morgan fingerprint density at radius 3 is 2.14 bits per heavy atom. The molecule has 21 heavy (non-hydrogen) atoms. The molecule has 0 heterocycles. The van der Waals surface area contributed by atoms with Gasteiger partial charge in [0.15, 0.2) is 0 Å². The second kappa shape index (κ2) is 8.93. The average molecular weight is 301 g/mol. The van der Waals surface area contributed by atoms with E-state index in [1.807, 2.05) is 12.2 Å². The van der Waals surface area contributed by atoms with E-state index in [0.717, 1.165) is 6.42 Å². The lowest BCUT2D eigenvalue weighted by Crippen LogP contribution is -2.43. The Labute approximate surface area is 123 Å². The van der Waals surface area contributed by atoms with Crippen LogP contribution in [0.2, 0.25) is 0 Å². The first kappa shape index (κ1) is 18.9. The Balaban J connectivity index is 3.97. The maximum atomic E-state index is 11.5. The number of nitrogens with one attached hydrogen (secondary N) is 3. The molecule has 4 N–H and O–H groups in total. The van der Waals surface area contributed by atoms with Crippen molar-refractivity contribution < 1.29 is 24.3 Å². The van der Waals surface area contributed by atoms with Crippen molar-refractivity contribution in [3.05, 3.63) is 0 Å². The largest absolute Gasteiger partial charge is 0.481 e. The van der Waals surface area contributed by atoms with E-state index in [1.165, 1.54) is 13.8 Å². The van der Waals surface area contributed by atoms with Gasteiger partial charge >= 0.3 is 12.0 Å². The number of carboxylic acid groups (broad SMARTS) is 1. The first-order chi connectivity index (χ1) is 9.69. The van der Waals surface area contributed by atoms with Gasteiger partial charge in [-0.25, -0.2) is 4.79 Å². The first-order valence-corrected chi connectivity index (χ1v) is 6.76. The molecule has 8 nitrogen and oxygen atoms in total. The summed E-state index contributed by atoms with van der Waals surface area (Å²) < 4.78 is 0. The third-order valence-electron chi connectivity index (χ3n) is 2.64. The molecular weight excluding hydrogens is 278 g/mol. The van der Waals surface area contributed by atoms with Crippen LogP contribution in [0.15, 0.2) is 0 Å². The van der Waals surface area contributed by atoms with Gasteiger partial charge in [-0.2, -0.15) is 0 Å². The average Bonchev–Trinajstić information content (AvgIpc) is 2.35. The highest BCUT2D eigenvalue weighted by atomic mass is 16.4. The summed E-state index contributed by atoms with van der Waals surface area (Å²) in [7, 11) is 0. The number of imide groups is 1. The fourth-order valence-electron chi connectivity index (χ4n) is 1.33. The minimum absolute atomic E-state index is 0.0942. The molecule has 0 aromatic heterocycles. The number of carbonyl (C=O) groups is 4. The molecule has 8 heteroatoms. The highest BCUT2D eigenvalue weighted by Gasteiger charge is 2.30. The van der Waals surface area contributed by atoms with Crippen molar-refractivity contribution in [2.24, 2.45) is 5.41 Å². The second-order valence-corrected chi connectivity index (χ2v) is 5.27. The molecule has 0 unspecified atom stereocenters. The maximum Gasteiger partial charge on any atom is 0.321 e. The number of carboxylic acids is 1. The Bertz CT molecular complexity index is 407. The maximum absolute atomic E-state index is 11.5. The predicted molar refractivity (Wildman–Crippen MR) is 75.5 cm³/mol. The van der Waals surface area contributed by atoms with Crippen LogP contribution in [0, 0.1) is 5.41 Å². The van der Waals surface area contributed by atoms with E-state index in [4.69, 9.17) is 5.11 Å². The van der Waals surface area contributed by atoms with Crippen molar-refractivity contribution in [3.63, 3.8) is 0 Å². The van der Waals surface area contributed by atoms with Crippen LogP contribution in [0.5, 0.6) is 0 Å². The zero-order valence-corrected chi connectivity index (χ0v) is 12.6. The number of hydrogen-bond acceptors (Lipinski definition) is 4. The summed E-state index contributed by atoms with van der Waals surface area (Å²) in [5.74, 6) is -1.99. The van der Waals surface area contributed by atoms with Gasteiger partial charge in [0.2, 0.25) is 11.8 Å². The van der Waals surface area contributed by atoms with Gasteiger partial charge in [-0.15, -0.1) is 0 Å². The van der Waals surface area contributed by atoms with Gasteiger partial charge in [0.25, 0.3) is 0 Å². The molecule has 120 valence electrons. The van der Waals surface area contributed by atoms with Crippen molar-refractivity contribution in [2.45, 2.75) is 40.0 Å². The molecule has 0 aliphatic heterocycles. The van der Waals surface area contributed by atoms with Crippen LogP contribution in [-0.2, 0) is 14.4 Å². The van der Waals surface area contributed by atoms with E-state index in [1.54, 1.807) is 0 Å². The summed E-state index contributed by atoms with van der Waals surface area (Å²) in [4.78, 5) is 45.0. The number of carbonyl (C=O) groups excluding carboxylic acids is 3. The molecule has 0 saturated heterocycles. The van der Waals surface area contributed by atoms with Crippen LogP contribution >= 0.6 is 0 Å². The SMILES string of the molecule is CCCNC(=O)CCNC(=O)NC(=O)CC(C)(C)C(=O)O. The summed E-state index contributed by atoms with van der Waals surface area (Å²) in [5.41, 5.74) is -1.25. The number of hydrogen-bond donors (Lipinski definition) is 4. The third-order valence-corrected chi connectivity index (χ3v) is 2.64. The standard InChI is InChI=1S/C13H23N3O5/c1-4-6-14-9(17)5-7-15-12(21)16-10(18)8-13(2,3)11(19)20/h4-8H2,1-3H3,(H,14,17)(H,19,20)(H2,15,16,18,21). The van der Waals surface area contributed by atoms with E-state index < -0.39 is 23.3 Å². The summed E-state index contributed by atoms with van der Waals surface area (Å²) in [6.07, 6.45) is 0.627. The van der Waals surface area contributed by atoms with Crippen molar-refractivity contribution in [2.75, 3.05) is 13.1 Å². The monoisotopic (exact) mass is 301 g/mol. The Morgan fingerprint density at radius 1 is 1.00 bits per heavy atom. The molecule has 0 saturated carbocycles. The van der Waals surface area contributed by atoms with E-state index in [2.05, 4.69) is 10.6 Å². The van der Waals surface area contributed by atoms with Crippen LogP contribution in [0.25, 0.3) is 0 Å². The molecule has 0 radical (unpaired) electrons. The molecule has 0 rings (SSSR count). The smallest absolute Gasteiger partial charge is 0.321 e. The van der Waals surface area contributed by atoms with Gasteiger partial charge < -0.3 is 15.7 Å². The summed E-state index contributed by atoms with van der Waals surface area (Å²) in [5, 5.41) is 15.9. The van der Waals surface area contributed by atoms with E-state index in [-0.39, 0.29) is 25.3 Å². The van der Waals surface area contributed by atoms with Gasteiger partial charge in [-0.3, -0.25) is 19.7 Å². The van der Waals surface area contributed by atoms with Gasteiger partial charge in [0.05, 0.1) is 5.41 Å². The molecule has 0 fully saturated rings. The summed E-state index contributed by atoms with van der Waals surface area (Å²) >= 11 is 0. The van der Waals surface area contributed by atoms with E-state index >= 15 is 0 Å². The van der Waals surface area contributed by atoms with Crippen molar-refractivity contribution in [1.82, 2.24) is 16.0 Å². The quantitative estimate of drug-likeness (QED) is 0.511. The summed E-state index contributed by atoms with van der Waals surface area (Å²) in [6, 6.07) is -0.746. The topological polar surface area (TPSA) is 125 Å². The molecule has 0 spiro atoms. The summed E-state index contributed by atoms with van der Waals surface area (Å²) in [6.45, 7) is 5.39. The number of urea groups is 1. The Kier molecular flexibility index (Phi) is 8.03. The molecular formula is C13H23N3O5. The molecule has 0 atom stereocenters. The molecule has 0 bridgehead atoms. The first-order valence-electron chi connectivity index (χ1n) is 6.76. The van der Waals surface area contributed by atoms with Crippen LogP contribution in [0.3, 0.4) is 0 Å². The minimum Gasteiger partial charge on any atom is -0.481 e. The van der Waals surface area contributed by atoms with Crippen molar-refractivity contribution in [3.8, 4) is 0 Å². The highest BCUT2D eigenvalue weighted by Crippen LogP contribution is 2.19. The Hall–Kier alpha value is -2.12. The lowest BCUT2D eigenvalue weighted by molar-refractivity contribution is -0.149. The van der Waals surface area contributed by atoms with Gasteiger partial charge in [-0.1, -0.05) is 6.92 Å². The normalized spacial score (nSPS) is 10.6. The number of aliphatic carboxylic acids is 1. The fraction of sp³-hybridized carbons (Fsp3) is 0.692. The van der Waals surface area contributed by atoms with E-state index in [0.29, 0.717) is 6.54 Å².